The van der Waals surface area contributed by atoms with Crippen molar-refractivity contribution in [3.63, 3.8) is 0 Å². The highest BCUT2D eigenvalue weighted by Gasteiger charge is 2.17. The maximum atomic E-state index is 12.8. The van der Waals surface area contributed by atoms with E-state index in [0.717, 1.165) is 103 Å². The summed E-state index contributed by atoms with van der Waals surface area (Å²) in [5.74, 6) is -0.441. The quantitative estimate of drug-likeness (QED) is 0.0347. The van der Waals surface area contributed by atoms with Gasteiger partial charge in [0.1, 0.15) is 6.61 Å². The molecule has 0 heterocycles. The summed E-state index contributed by atoms with van der Waals surface area (Å²) < 4.78 is 17.4. The Balaban J connectivity index is 4.35. The second kappa shape index (κ2) is 50.4. The van der Waals surface area contributed by atoms with Crippen LogP contribution in [0.25, 0.3) is 0 Å². The summed E-state index contributed by atoms with van der Waals surface area (Å²) in [5, 5.41) is 0. The lowest BCUT2D eigenvalue weighted by Gasteiger charge is -2.18. The molecule has 1 atom stereocenters. The molecule has 1 unspecified atom stereocenters. The molecule has 5 nitrogen and oxygen atoms in total. The zero-order chi connectivity index (χ0) is 43.5. The molecule has 0 aromatic carbocycles. The number of allylic oxidation sites excluding steroid dienone is 14. The van der Waals surface area contributed by atoms with E-state index in [0.29, 0.717) is 19.4 Å². The van der Waals surface area contributed by atoms with Gasteiger partial charge in [-0.15, -0.1) is 0 Å². The van der Waals surface area contributed by atoms with Gasteiger partial charge in [0.05, 0.1) is 6.61 Å². The molecule has 0 bridgehead atoms. The minimum Gasteiger partial charge on any atom is -0.462 e. The average Bonchev–Trinajstić information content (AvgIpc) is 3.25. The van der Waals surface area contributed by atoms with Crippen molar-refractivity contribution in [2.24, 2.45) is 0 Å². The van der Waals surface area contributed by atoms with E-state index in [1.54, 1.807) is 0 Å². The van der Waals surface area contributed by atoms with E-state index in [-0.39, 0.29) is 25.2 Å². The number of hydrogen-bond acceptors (Lipinski definition) is 5. The molecule has 0 aromatic rings. The van der Waals surface area contributed by atoms with Crippen LogP contribution in [0.1, 0.15) is 226 Å². The van der Waals surface area contributed by atoms with Gasteiger partial charge in [0.15, 0.2) is 6.10 Å². The van der Waals surface area contributed by atoms with Crippen LogP contribution in [0.15, 0.2) is 85.1 Å². The van der Waals surface area contributed by atoms with Crippen LogP contribution in [0.4, 0.5) is 0 Å². The van der Waals surface area contributed by atoms with Gasteiger partial charge in [0, 0.05) is 19.4 Å². The van der Waals surface area contributed by atoms with Gasteiger partial charge >= 0.3 is 11.9 Å². The Kier molecular flexibility index (Phi) is 48.0. The fraction of sp³-hybridized carbons (Fsp3) is 0.709. The maximum absolute atomic E-state index is 12.8. The normalized spacial score (nSPS) is 12.9. The Morgan fingerprint density at radius 2 is 0.750 bits per heavy atom. The molecule has 0 saturated heterocycles. The summed E-state index contributed by atoms with van der Waals surface area (Å²) in [6, 6.07) is 0. The first kappa shape index (κ1) is 57.1. The predicted octanol–water partition coefficient (Wildman–Crippen LogP) is 16.9. The Morgan fingerprint density at radius 1 is 0.383 bits per heavy atom. The van der Waals surface area contributed by atoms with Crippen LogP contribution in [0, 0.1) is 0 Å². The second-order valence-electron chi connectivity index (χ2n) is 16.3. The Morgan fingerprint density at radius 3 is 1.22 bits per heavy atom. The van der Waals surface area contributed by atoms with Crippen molar-refractivity contribution in [2.75, 3.05) is 19.8 Å². The number of carbonyl (C=O) groups excluding carboxylic acids is 2. The summed E-state index contributed by atoms with van der Waals surface area (Å²) in [6.07, 6.45) is 65.8. The Hall–Kier alpha value is -2.92. The molecule has 0 aliphatic rings. The number of esters is 2. The third-order valence-electron chi connectivity index (χ3n) is 10.4. The fourth-order valence-corrected chi connectivity index (χ4v) is 6.71. The van der Waals surface area contributed by atoms with Gasteiger partial charge in [0.25, 0.3) is 0 Å². The van der Waals surface area contributed by atoms with E-state index in [9.17, 15) is 9.59 Å². The van der Waals surface area contributed by atoms with E-state index in [1.165, 1.54) is 89.9 Å². The largest absolute Gasteiger partial charge is 0.462 e. The first-order chi connectivity index (χ1) is 29.6. The van der Waals surface area contributed by atoms with Gasteiger partial charge in [-0.3, -0.25) is 9.59 Å². The maximum Gasteiger partial charge on any atom is 0.306 e. The summed E-state index contributed by atoms with van der Waals surface area (Å²) in [6.45, 7) is 7.54. The van der Waals surface area contributed by atoms with Crippen LogP contribution in [0.5, 0.6) is 0 Å². The number of hydrogen-bond donors (Lipinski definition) is 0. The van der Waals surface area contributed by atoms with Gasteiger partial charge in [-0.25, -0.2) is 0 Å². The lowest BCUT2D eigenvalue weighted by atomic mass is 10.1. The van der Waals surface area contributed by atoms with Gasteiger partial charge in [-0.05, 0) is 109 Å². The molecule has 344 valence electrons. The van der Waals surface area contributed by atoms with Crippen molar-refractivity contribution in [2.45, 2.75) is 232 Å². The van der Waals surface area contributed by atoms with Gasteiger partial charge in [-0.1, -0.05) is 189 Å². The van der Waals surface area contributed by atoms with Crippen molar-refractivity contribution >= 4 is 11.9 Å². The zero-order valence-electron chi connectivity index (χ0n) is 39.5. The molecule has 5 heteroatoms. The van der Waals surface area contributed by atoms with Crippen LogP contribution >= 0.6 is 0 Å². The molecule has 60 heavy (non-hydrogen) atoms. The first-order valence-electron chi connectivity index (χ1n) is 25.1. The third kappa shape index (κ3) is 47.8. The van der Waals surface area contributed by atoms with Crippen LogP contribution in [0.3, 0.4) is 0 Å². The number of rotatable bonds is 45. The predicted molar refractivity (Wildman–Crippen MR) is 260 cm³/mol. The first-order valence-corrected chi connectivity index (χ1v) is 25.1. The Labute approximate surface area is 371 Å². The molecule has 0 fully saturated rings. The summed E-state index contributed by atoms with van der Waals surface area (Å²) in [7, 11) is 0. The average molecular weight is 835 g/mol. The number of unbranched alkanes of at least 4 members (excludes halogenated alkanes) is 20. The SMILES string of the molecule is CC/C=C\C/C=C\C/C=C\CCCCCCCC(=O)OCC(COCCCCCCCC/C=C\CCCCCC)OC(=O)CCCCCCC/C=C\C/C=C\C/C=C\CC. The molecule has 0 saturated carbocycles. The highest BCUT2D eigenvalue weighted by molar-refractivity contribution is 5.70. The van der Waals surface area contributed by atoms with Crippen molar-refractivity contribution in [3.8, 4) is 0 Å². The van der Waals surface area contributed by atoms with E-state index < -0.39 is 6.10 Å². The number of ether oxygens (including phenoxy) is 3. The van der Waals surface area contributed by atoms with Crippen molar-refractivity contribution in [1.29, 1.82) is 0 Å². The molecule has 0 radical (unpaired) electrons. The van der Waals surface area contributed by atoms with Gasteiger partial charge < -0.3 is 14.2 Å². The molecule has 0 amide bonds. The smallest absolute Gasteiger partial charge is 0.306 e. The second-order valence-corrected chi connectivity index (χ2v) is 16.3. The molecule has 0 aromatic heterocycles. The zero-order valence-corrected chi connectivity index (χ0v) is 39.5. The minimum absolute atomic E-state index is 0.0634. The van der Waals surface area contributed by atoms with Crippen LogP contribution in [-0.4, -0.2) is 37.9 Å². The fourth-order valence-electron chi connectivity index (χ4n) is 6.71. The lowest BCUT2D eigenvalue weighted by Crippen LogP contribution is -2.30. The molecular formula is C55H94O5. The molecule has 0 spiro atoms. The van der Waals surface area contributed by atoms with Crippen molar-refractivity contribution in [3.05, 3.63) is 85.1 Å². The topological polar surface area (TPSA) is 61.8 Å². The molecule has 0 N–H and O–H groups in total. The molecule has 0 aliphatic carbocycles. The third-order valence-corrected chi connectivity index (χ3v) is 10.4. The summed E-state index contributed by atoms with van der Waals surface area (Å²) >= 11 is 0. The van der Waals surface area contributed by atoms with E-state index in [1.807, 2.05) is 0 Å². The summed E-state index contributed by atoms with van der Waals surface area (Å²) in [5.41, 5.74) is 0. The molecular weight excluding hydrogens is 741 g/mol. The highest BCUT2D eigenvalue weighted by Crippen LogP contribution is 2.13. The van der Waals surface area contributed by atoms with E-state index in [2.05, 4.69) is 106 Å². The van der Waals surface area contributed by atoms with E-state index in [4.69, 9.17) is 14.2 Å². The van der Waals surface area contributed by atoms with Gasteiger partial charge in [-0.2, -0.15) is 0 Å². The Bertz CT molecular complexity index is 1130. The summed E-state index contributed by atoms with van der Waals surface area (Å²) in [4.78, 5) is 25.4. The monoisotopic (exact) mass is 835 g/mol. The van der Waals surface area contributed by atoms with E-state index >= 15 is 0 Å². The number of carbonyl (C=O) groups is 2. The molecule has 0 rings (SSSR count). The standard InChI is InChI=1S/C55H94O5/c1-4-7-10-13-16-19-22-25-28-30-33-36-39-42-45-48-54(56)59-52-53(51-58-50-47-44-41-38-35-32-27-24-21-18-15-12-9-6-3)60-55(57)49-46-43-40-37-34-31-29-26-23-20-17-14-11-8-5-2/h7-8,10-11,16-17,19-21,24-26,28-29,53H,4-6,9,12-15,18,22-23,27,30-52H2,1-3H3/b10-7-,11-8-,19-16-,20-17-,24-21-,28-25-,29-26-. The van der Waals surface area contributed by atoms with Crippen molar-refractivity contribution < 1.29 is 23.8 Å². The highest BCUT2D eigenvalue weighted by atomic mass is 16.6. The van der Waals surface area contributed by atoms with Gasteiger partial charge in [0.2, 0.25) is 0 Å². The lowest BCUT2D eigenvalue weighted by molar-refractivity contribution is -0.163. The van der Waals surface area contributed by atoms with Crippen molar-refractivity contribution in [1.82, 2.24) is 0 Å². The van der Waals surface area contributed by atoms with Crippen LogP contribution < -0.4 is 0 Å². The molecule has 0 aliphatic heterocycles. The van der Waals surface area contributed by atoms with Crippen LogP contribution in [-0.2, 0) is 23.8 Å². The van der Waals surface area contributed by atoms with Crippen LogP contribution in [0.2, 0.25) is 0 Å². The minimum atomic E-state index is -0.558.